The molecule has 0 saturated heterocycles. The third-order valence-corrected chi connectivity index (χ3v) is 2.35. The normalized spacial score (nSPS) is 10.1. The van der Waals surface area contributed by atoms with Crippen molar-refractivity contribution in [2.45, 2.75) is 5.03 Å². The van der Waals surface area contributed by atoms with Crippen molar-refractivity contribution in [3.05, 3.63) is 22.2 Å². The Morgan fingerprint density at radius 1 is 1.64 bits per heavy atom. The van der Waals surface area contributed by atoms with Crippen molar-refractivity contribution in [1.82, 2.24) is 4.98 Å². The van der Waals surface area contributed by atoms with Crippen molar-refractivity contribution in [2.24, 2.45) is 0 Å². The van der Waals surface area contributed by atoms with Crippen LogP contribution in [0.4, 0.5) is 11.5 Å². The number of nitrogens with zero attached hydrogens (tertiary/aromatic N) is 2. The maximum Gasteiger partial charge on any atom is 0.301 e. The van der Waals surface area contributed by atoms with Gasteiger partial charge in [-0.3, -0.25) is 10.1 Å². The molecule has 0 amide bonds. The predicted octanol–water partition coefficient (Wildman–Crippen LogP) is 0.656. The number of aliphatic hydroxyl groups is 1. The van der Waals surface area contributed by atoms with Gasteiger partial charge in [0.25, 0.3) is 0 Å². The van der Waals surface area contributed by atoms with Crippen LogP contribution in [-0.4, -0.2) is 27.4 Å². The van der Waals surface area contributed by atoms with Crippen molar-refractivity contribution in [3.8, 4) is 0 Å². The van der Waals surface area contributed by atoms with Gasteiger partial charge < -0.3 is 10.8 Å². The molecule has 1 aromatic heterocycles. The van der Waals surface area contributed by atoms with Crippen LogP contribution >= 0.6 is 11.8 Å². The lowest BCUT2D eigenvalue weighted by molar-refractivity contribution is -0.388. The second kappa shape index (κ2) is 4.77. The first-order valence-electron chi connectivity index (χ1n) is 3.79. The number of hydrogen-bond acceptors (Lipinski definition) is 6. The lowest BCUT2D eigenvalue weighted by atomic mass is 10.4. The van der Waals surface area contributed by atoms with E-state index in [1.54, 1.807) is 0 Å². The third kappa shape index (κ3) is 2.57. The highest BCUT2D eigenvalue weighted by Crippen LogP contribution is 2.27. The molecular formula is C7H9N3O3S. The van der Waals surface area contributed by atoms with Gasteiger partial charge in [0.15, 0.2) is 5.03 Å². The number of thioether (sulfide) groups is 1. The van der Waals surface area contributed by atoms with Gasteiger partial charge in [-0.25, -0.2) is 4.98 Å². The summed E-state index contributed by atoms with van der Waals surface area (Å²) < 4.78 is 0. The monoisotopic (exact) mass is 215 g/mol. The van der Waals surface area contributed by atoms with E-state index >= 15 is 0 Å². The van der Waals surface area contributed by atoms with E-state index in [1.165, 1.54) is 12.1 Å². The first-order valence-corrected chi connectivity index (χ1v) is 4.78. The van der Waals surface area contributed by atoms with Gasteiger partial charge in [0.1, 0.15) is 5.82 Å². The van der Waals surface area contributed by atoms with Crippen LogP contribution < -0.4 is 5.73 Å². The number of nitrogens with two attached hydrogens (primary N) is 1. The third-order valence-electron chi connectivity index (χ3n) is 1.39. The van der Waals surface area contributed by atoms with Crippen LogP contribution in [0, 0.1) is 10.1 Å². The van der Waals surface area contributed by atoms with Gasteiger partial charge in [0, 0.05) is 11.8 Å². The van der Waals surface area contributed by atoms with E-state index in [1.807, 2.05) is 0 Å². The molecule has 0 radical (unpaired) electrons. The maximum absolute atomic E-state index is 10.5. The van der Waals surface area contributed by atoms with Gasteiger partial charge in [-0.1, -0.05) is 11.8 Å². The Labute approximate surface area is 84.3 Å². The van der Waals surface area contributed by atoms with Gasteiger partial charge in [-0.15, -0.1) is 0 Å². The Morgan fingerprint density at radius 3 is 2.93 bits per heavy atom. The van der Waals surface area contributed by atoms with E-state index in [2.05, 4.69) is 4.98 Å². The van der Waals surface area contributed by atoms with Crippen LogP contribution in [0.1, 0.15) is 0 Å². The second-order valence-corrected chi connectivity index (χ2v) is 3.47. The lowest BCUT2D eigenvalue weighted by Crippen LogP contribution is -1.98. The van der Waals surface area contributed by atoms with E-state index in [-0.39, 0.29) is 23.1 Å². The molecule has 1 rings (SSSR count). The van der Waals surface area contributed by atoms with Gasteiger partial charge in [-0.2, -0.15) is 0 Å². The van der Waals surface area contributed by atoms with E-state index in [9.17, 15) is 10.1 Å². The SMILES string of the molecule is Nc1ccc([N+](=O)[O-])c(SCCO)n1. The molecule has 0 aromatic carbocycles. The van der Waals surface area contributed by atoms with E-state index in [0.29, 0.717) is 5.75 Å². The summed E-state index contributed by atoms with van der Waals surface area (Å²) >= 11 is 1.11. The van der Waals surface area contributed by atoms with Crippen LogP contribution in [0.3, 0.4) is 0 Å². The average Bonchev–Trinajstić information content (AvgIpc) is 2.14. The summed E-state index contributed by atoms with van der Waals surface area (Å²) in [6, 6.07) is 2.68. The minimum Gasteiger partial charge on any atom is -0.396 e. The maximum atomic E-state index is 10.5. The summed E-state index contributed by atoms with van der Waals surface area (Å²) in [6.45, 7) is -0.0572. The standard InChI is InChI=1S/C7H9N3O3S/c8-6-2-1-5(10(12)13)7(9-6)14-4-3-11/h1-2,11H,3-4H2,(H2,8,9). The molecule has 0 unspecified atom stereocenters. The molecule has 14 heavy (non-hydrogen) atoms. The zero-order valence-corrected chi connectivity index (χ0v) is 8.03. The van der Waals surface area contributed by atoms with Crippen LogP contribution in [0.2, 0.25) is 0 Å². The van der Waals surface area contributed by atoms with Crippen LogP contribution in [0.25, 0.3) is 0 Å². The smallest absolute Gasteiger partial charge is 0.301 e. The van der Waals surface area contributed by atoms with Crippen molar-refractivity contribution in [3.63, 3.8) is 0 Å². The highest BCUT2D eigenvalue weighted by Gasteiger charge is 2.15. The highest BCUT2D eigenvalue weighted by molar-refractivity contribution is 7.99. The summed E-state index contributed by atoms with van der Waals surface area (Å²) in [7, 11) is 0. The molecule has 0 saturated carbocycles. The summed E-state index contributed by atoms with van der Waals surface area (Å²) in [5.41, 5.74) is 5.30. The van der Waals surface area contributed by atoms with E-state index < -0.39 is 4.92 Å². The molecule has 1 heterocycles. The van der Waals surface area contributed by atoms with Gasteiger partial charge in [-0.05, 0) is 6.07 Å². The number of hydrogen-bond donors (Lipinski definition) is 2. The van der Waals surface area contributed by atoms with Crippen LogP contribution in [0.5, 0.6) is 0 Å². The quantitative estimate of drug-likeness (QED) is 0.434. The molecule has 0 spiro atoms. The minimum atomic E-state index is -0.522. The molecule has 3 N–H and O–H groups in total. The molecular weight excluding hydrogens is 206 g/mol. The molecule has 0 aliphatic heterocycles. The Balaban J connectivity index is 2.97. The second-order valence-electron chi connectivity index (χ2n) is 2.39. The summed E-state index contributed by atoms with van der Waals surface area (Å²) in [5.74, 6) is 0.591. The van der Waals surface area contributed by atoms with Gasteiger partial charge in [0.05, 0.1) is 11.5 Å². The Bertz CT molecular complexity index is 345. The van der Waals surface area contributed by atoms with Crippen molar-refractivity contribution in [1.29, 1.82) is 0 Å². The fraction of sp³-hybridized carbons (Fsp3) is 0.286. The first kappa shape index (κ1) is 10.7. The number of aliphatic hydroxyl groups excluding tert-OH is 1. The minimum absolute atomic E-state index is 0.0572. The van der Waals surface area contributed by atoms with Gasteiger partial charge >= 0.3 is 5.69 Å². The largest absolute Gasteiger partial charge is 0.396 e. The number of nitrogen functional groups attached to an aromatic ring is 1. The van der Waals surface area contributed by atoms with Crippen molar-refractivity contribution < 1.29 is 10.0 Å². The Kier molecular flexibility index (Phi) is 3.66. The fourth-order valence-electron chi connectivity index (χ4n) is 0.835. The molecule has 0 aliphatic rings. The Morgan fingerprint density at radius 2 is 2.36 bits per heavy atom. The summed E-state index contributed by atoms with van der Waals surface area (Å²) in [4.78, 5) is 13.8. The molecule has 76 valence electrons. The van der Waals surface area contributed by atoms with Gasteiger partial charge in [0.2, 0.25) is 0 Å². The molecule has 7 heteroatoms. The zero-order chi connectivity index (χ0) is 10.6. The van der Waals surface area contributed by atoms with E-state index in [0.717, 1.165) is 11.8 Å². The fourth-order valence-corrected chi connectivity index (χ4v) is 1.58. The topological polar surface area (TPSA) is 102 Å². The molecule has 0 aliphatic carbocycles. The van der Waals surface area contributed by atoms with Crippen LogP contribution in [0.15, 0.2) is 17.2 Å². The van der Waals surface area contributed by atoms with Crippen molar-refractivity contribution in [2.75, 3.05) is 18.1 Å². The van der Waals surface area contributed by atoms with Crippen molar-refractivity contribution >= 4 is 23.3 Å². The van der Waals surface area contributed by atoms with Crippen LogP contribution in [-0.2, 0) is 0 Å². The Hall–Kier alpha value is -1.34. The predicted molar refractivity (Wildman–Crippen MR) is 53.1 cm³/mol. The lowest BCUT2D eigenvalue weighted by Gasteiger charge is -2.01. The number of pyridine rings is 1. The molecule has 0 atom stereocenters. The highest BCUT2D eigenvalue weighted by atomic mass is 32.2. The average molecular weight is 215 g/mol. The number of nitro groups is 1. The molecule has 6 nitrogen and oxygen atoms in total. The first-order chi connectivity index (χ1) is 6.65. The molecule has 1 aromatic rings. The number of anilines is 1. The number of aromatic nitrogens is 1. The summed E-state index contributed by atoms with van der Waals surface area (Å²) in [6.07, 6.45) is 0. The van der Waals surface area contributed by atoms with E-state index in [4.69, 9.17) is 10.8 Å². The summed E-state index contributed by atoms with van der Waals surface area (Å²) in [5, 5.41) is 19.4. The number of rotatable bonds is 4. The zero-order valence-electron chi connectivity index (χ0n) is 7.21. The molecule has 0 fully saturated rings. The molecule has 0 bridgehead atoms.